The minimum Gasteiger partial charge on any atom is -0.346 e. The Morgan fingerprint density at radius 2 is 0.820 bits per heavy atom. The summed E-state index contributed by atoms with van der Waals surface area (Å²) in [5.74, 6) is 1.35. The van der Waals surface area contributed by atoms with Gasteiger partial charge in [-0.1, -0.05) is 90.1 Å². The summed E-state index contributed by atoms with van der Waals surface area (Å²) in [6, 6.07) is 16.1. The summed E-state index contributed by atoms with van der Waals surface area (Å²) >= 11 is 0. The molecule has 2 amide bonds. The van der Waals surface area contributed by atoms with Crippen molar-refractivity contribution in [1.29, 1.82) is 0 Å². The number of amides is 2. The van der Waals surface area contributed by atoms with Crippen molar-refractivity contribution in [2.45, 2.75) is 92.4 Å². The highest BCUT2D eigenvalue weighted by Gasteiger charge is 2.38. The molecule has 10 heteroatoms. The van der Waals surface area contributed by atoms with E-state index in [-0.39, 0.29) is 34.7 Å². The van der Waals surface area contributed by atoms with Gasteiger partial charge in [-0.25, -0.2) is 9.97 Å². The van der Waals surface area contributed by atoms with Crippen LogP contribution in [0, 0.1) is 10.8 Å². The molecule has 2 atom stereocenters. The third-order valence-corrected chi connectivity index (χ3v) is 10.1. The van der Waals surface area contributed by atoms with Crippen molar-refractivity contribution in [3.05, 3.63) is 72.6 Å². The number of nitrogens with one attached hydrogen (secondary N) is 4. The lowest BCUT2D eigenvalue weighted by Crippen LogP contribution is -2.54. The highest BCUT2D eigenvalue weighted by atomic mass is 16.2. The van der Waals surface area contributed by atoms with E-state index in [2.05, 4.69) is 111 Å². The topological polar surface area (TPSA) is 122 Å². The van der Waals surface area contributed by atoms with E-state index in [9.17, 15) is 9.59 Å². The van der Waals surface area contributed by atoms with Gasteiger partial charge in [0.25, 0.3) is 0 Å². The fourth-order valence-corrected chi connectivity index (χ4v) is 5.34. The number of carbonyl (C=O) groups is 2. The molecule has 2 aromatic heterocycles. The van der Waals surface area contributed by atoms with Gasteiger partial charge in [-0.05, 0) is 77.8 Å². The van der Waals surface area contributed by atoms with Gasteiger partial charge in [0.05, 0.1) is 34.5 Å². The van der Waals surface area contributed by atoms with E-state index < -0.39 is 11.1 Å². The molecule has 0 saturated heterocycles. The monoisotopic (exact) mass is 682 g/mol. The molecular weight excluding hydrogens is 624 g/mol. The molecule has 0 radical (unpaired) electrons. The molecule has 270 valence electrons. The number of benzene rings is 2. The number of likely N-dealkylation sites (N-methyl/N-ethyl adjacent to an activating group) is 2. The zero-order valence-corrected chi connectivity index (χ0v) is 32.5. The van der Waals surface area contributed by atoms with Crippen LogP contribution in [-0.4, -0.2) is 80.8 Å². The van der Waals surface area contributed by atoms with Gasteiger partial charge in [-0.3, -0.25) is 19.4 Å². The highest BCUT2D eigenvalue weighted by Crippen LogP contribution is 2.35. The summed E-state index contributed by atoms with van der Waals surface area (Å²) < 4.78 is 0. The van der Waals surface area contributed by atoms with Crippen molar-refractivity contribution in [3.63, 3.8) is 0 Å². The molecule has 0 fully saturated rings. The normalized spacial score (nSPS) is 14.2. The van der Waals surface area contributed by atoms with Crippen molar-refractivity contribution in [2.75, 3.05) is 28.2 Å². The third kappa shape index (κ3) is 8.36. The van der Waals surface area contributed by atoms with Crippen LogP contribution >= 0.6 is 0 Å². The summed E-state index contributed by atoms with van der Waals surface area (Å²) in [7, 11) is 7.63. The first-order valence-electron chi connectivity index (χ1n) is 17.3. The van der Waals surface area contributed by atoms with Crippen LogP contribution in [0.4, 0.5) is 0 Å². The molecule has 0 aliphatic rings. The Morgan fingerprint density at radius 3 is 1.08 bits per heavy atom. The molecule has 2 unspecified atom stereocenters. The average Bonchev–Trinajstić information content (AvgIpc) is 3.72. The molecule has 0 spiro atoms. The number of nitrogens with zero attached hydrogens (tertiary/aromatic N) is 4. The Kier molecular flexibility index (Phi) is 10.9. The number of H-pyrrole nitrogens is 2. The summed E-state index contributed by atoms with van der Waals surface area (Å²) in [6.07, 6.45) is 3.80. The van der Waals surface area contributed by atoms with Crippen molar-refractivity contribution in [3.8, 4) is 33.6 Å². The van der Waals surface area contributed by atoms with Gasteiger partial charge in [0.15, 0.2) is 0 Å². The zero-order chi connectivity index (χ0) is 37.4. The first-order valence-corrected chi connectivity index (χ1v) is 17.3. The second-order valence-corrected chi connectivity index (χ2v) is 16.9. The molecule has 10 nitrogen and oxygen atoms in total. The van der Waals surface area contributed by atoms with Gasteiger partial charge in [0.1, 0.15) is 11.6 Å². The highest BCUT2D eigenvalue weighted by molar-refractivity contribution is 5.86. The van der Waals surface area contributed by atoms with Gasteiger partial charge < -0.3 is 20.6 Å². The number of hydrogen-bond acceptors (Lipinski definition) is 6. The van der Waals surface area contributed by atoms with Crippen molar-refractivity contribution < 1.29 is 9.59 Å². The largest absolute Gasteiger partial charge is 0.346 e. The molecule has 2 aromatic carbocycles. The molecule has 2 heterocycles. The quantitative estimate of drug-likeness (QED) is 0.133. The van der Waals surface area contributed by atoms with E-state index in [1.165, 1.54) is 0 Å². The molecular formula is C40H58N8O2. The molecule has 0 aliphatic carbocycles. The van der Waals surface area contributed by atoms with E-state index in [0.29, 0.717) is 0 Å². The number of imidazole rings is 2. The lowest BCUT2D eigenvalue weighted by Gasteiger charge is -2.36. The Morgan fingerprint density at radius 1 is 0.540 bits per heavy atom. The molecule has 0 aliphatic heterocycles. The van der Waals surface area contributed by atoms with Crippen LogP contribution in [0.1, 0.15) is 93.0 Å². The first kappa shape index (κ1) is 38.5. The maximum Gasteiger partial charge on any atom is 0.240 e. The fourth-order valence-electron chi connectivity index (χ4n) is 5.34. The molecule has 50 heavy (non-hydrogen) atoms. The SMILES string of the molecule is CN(C)C(C)(C)C(=O)NC(c1nc(-c2ccc(-c3ccc(-c4c[nH]c(C(NC(=O)C(C)(C)N(C)C)C(C)(C)C)n4)cc3)cc2)c[nH]1)C(C)(C)C. The van der Waals surface area contributed by atoms with Crippen LogP contribution in [0.2, 0.25) is 0 Å². The van der Waals surface area contributed by atoms with Crippen molar-refractivity contribution >= 4 is 11.8 Å². The number of aromatic nitrogens is 4. The van der Waals surface area contributed by atoms with Crippen molar-refractivity contribution in [2.24, 2.45) is 10.8 Å². The fraction of sp³-hybridized carbons (Fsp3) is 0.500. The van der Waals surface area contributed by atoms with Crippen LogP contribution in [0.5, 0.6) is 0 Å². The van der Waals surface area contributed by atoms with Crippen molar-refractivity contribution in [1.82, 2.24) is 40.4 Å². The van der Waals surface area contributed by atoms with E-state index in [1.54, 1.807) is 0 Å². The summed E-state index contributed by atoms with van der Waals surface area (Å²) in [6.45, 7) is 20.3. The second-order valence-electron chi connectivity index (χ2n) is 16.9. The van der Waals surface area contributed by atoms with Gasteiger partial charge >= 0.3 is 0 Å². The number of hydrogen-bond donors (Lipinski definition) is 4. The Bertz CT molecular complexity index is 1630. The maximum absolute atomic E-state index is 13.2. The lowest BCUT2D eigenvalue weighted by molar-refractivity contribution is -0.132. The Labute approximate surface area is 298 Å². The minimum atomic E-state index is -0.661. The summed E-state index contributed by atoms with van der Waals surface area (Å²) in [5.41, 5.74) is 3.95. The smallest absolute Gasteiger partial charge is 0.240 e. The Balaban J connectivity index is 1.50. The standard InChI is InChI=1S/C40H58N8O2/c1-37(2,3)31(45-35(49)39(7,8)47(11)12)33-41-23-29(43-33)27-19-15-25(16-20-27)26-17-21-28(22-18-26)30-24-42-34(44-30)32(38(4,5)6)46-36(50)40(9,10)48(13)14/h15-24,31-32H,1-14H3,(H,41,43)(H,42,44)(H,45,49)(H,46,50). The van der Waals surface area contributed by atoms with Crippen LogP contribution in [0.25, 0.3) is 33.6 Å². The van der Waals surface area contributed by atoms with Gasteiger partial charge in [0, 0.05) is 23.5 Å². The average molecular weight is 683 g/mol. The van der Waals surface area contributed by atoms with E-state index in [0.717, 1.165) is 45.3 Å². The molecule has 0 saturated carbocycles. The van der Waals surface area contributed by atoms with Gasteiger partial charge in [-0.2, -0.15) is 0 Å². The van der Waals surface area contributed by atoms with Crippen LogP contribution in [0.3, 0.4) is 0 Å². The Hall–Kier alpha value is -4.28. The predicted molar refractivity (Wildman–Crippen MR) is 203 cm³/mol. The zero-order valence-electron chi connectivity index (χ0n) is 32.5. The van der Waals surface area contributed by atoms with E-state index >= 15 is 0 Å². The first-order chi connectivity index (χ1) is 23.0. The molecule has 4 rings (SSSR count). The summed E-state index contributed by atoms with van der Waals surface area (Å²) in [4.78, 5) is 46.8. The lowest BCUT2D eigenvalue weighted by atomic mass is 9.85. The number of aromatic amines is 2. The maximum atomic E-state index is 13.2. The molecule has 0 bridgehead atoms. The summed E-state index contributed by atoms with van der Waals surface area (Å²) in [5, 5.41) is 6.47. The van der Waals surface area contributed by atoms with Crippen LogP contribution in [0.15, 0.2) is 60.9 Å². The molecule has 4 aromatic rings. The van der Waals surface area contributed by atoms with Gasteiger partial charge in [0.2, 0.25) is 11.8 Å². The minimum absolute atomic E-state index is 0.0502. The predicted octanol–water partition coefficient (Wildman–Crippen LogP) is 7.22. The second kappa shape index (κ2) is 14.2. The van der Waals surface area contributed by atoms with Crippen LogP contribution < -0.4 is 10.6 Å². The van der Waals surface area contributed by atoms with E-state index in [4.69, 9.17) is 9.97 Å². The molecule has 4 N–H and O–H groups in total. The van der Waals surface area contributed by atoms with E-state index in [1.807, 2.05) is 78.1 Å². The number of rotatable bonds is 11. The number of carbonyl (C=O) groups excluding carboxylic acids is 2. The third-order valence-electron chi connectivity index (χ3n) is 10.1. The van der Waals surface area contributed by atoms with Crippen LogP contribution in [-0.2, 0) is 9.59 Å². The van der Waals surface area contributed by atoms with Gasteiger partial charge in [-0.15, -0.1) is 0 Å².